The molecule has 0 aliphatic carbocycles. The lowest BCUT2D eigenvalue weighted by molar-refractivity contribution is 0.385. The van der Waals surface area contributed by atoms with Crippen LogP contribution in [-0.2, 0) is 18.4 Å². The Morgan fingerprint density at radius 2 is 1.71 bits per heavy atom. The first-order valence-corrected chi connectivity index (χ1v) is 7.17. The first-order valence-electron chi connectivity index (χ1n) is 7.17. The second kappa shape index (κ2) is 6.27. The molecule has 0 heterocycles. The van der Waals surface area contributed by atoms with Crippen molar-refractivity contribution in [2.75, 3.05) is 7.11 Å². The number of nitrogens with two attached hydrogens (primary N) is 1. The molecular formula is C18H22FNO. The van der Waals surface area contributed by atoms with Crippen molar-refractivity contribution in [2.45, 2.75) is 32.2 Å². The van der Waals surface area contributed by atoms with Gasteiger partial charge in [0, 0.05) is 5.54 Å². The fourth-order valence-corrected chi connectivity index (χ4v) is 2.47. The summed E-state index contributed by atoms with van der Waals surface area (Å²) in [5, 5.41) is 0. The summed E-state index contributed by atoms with van der Waals surface area (Å²) in [4.78, 5) is 0. The zero-order valence-corrected chi connectivity index (χ0v) is 12.8. The van der Waals surface area contributed by atoms with Crippen molar-refractivity contribution in [1.29, 1.82) is 0 Å². The SMILES string of the molecule is CCc1ccc(C(C)(N)Cc2ccc(OC)c(F)c2)cc1. The van der Waals surface area contributed by atoms with Crippen LogP contribution in [0.25, 0.3) is 0 Å². The van der Waals surface area contributed by atoms with E-state index in [2.05, 4.69) is 31.2 Å². The van der Waals surface area contributed by atoms with Gasteiger partial charge in [0.2, 0.25) is 0 Å². The summed E-state index contributed by atoms with van der Waals surface area (Å²) >= 11 is 0. The van der Waals surface area contributed by atoms with Crippen molar-refractivity contribution >= 4 is 0 Å². The Labute approximate surface area is 125 Å². The van der Waals surface area contributed by atoms with Gasteiger partial charge < -0.3 is 10.5 Å². The van der Waals surface area contributed by atoms with Crippen LogP contribution in [0.2, 0.25) is 0 Å². The topological polar surface area (TPSA) is 35.2 Å². The number of ether oxygens (including phenoxy) is 1. The van der Waals surface area contributed by atoms with Gasteiger partial charge in [-0.25, -0.2) is 4.39 Å². The summed E-state index contributed by atoms with van der Waals surface area (Å²) in [7, 11) is 1.46. The smallest absolute Gasteiger partial charge is 0.165 e. The van der Waals surface area contributed by atoms with Gasteiger partial charge in [-0.3, -0.25) is 0 Å². The number of methoxy groups -OCH3 is 1. The number of benzene rings is 2. The molecule has 1 atom stereocenters. The Hall–Kier alpha value is -1.87. The Morgan fingerprint density at radius 3 is 2.24 bits per heavy atom. The van der Waals surface area contributed by atoms with E-state index in [-0.39, 0.29) is 11.6 Å². The summed E-state index contributed by atoms with van der Waals surface area (Å²) in [6, 6.07) is 13.3. The molecule has 0 bridgehead atoms. The Morgan fingerprint density at radius 1 is 1.10 bits per heavy atom. The van der Waals surface area contributed by atoms with Crippen molar-refractivity contribution in [2.24, 2.45) is 5.73 Å². The fourth-order valence-electron chi connectivity index (χ4n) is 2.47. The molecule has 0 radical (unpaired) electrons. The molecule has 0 saturated carbocycles. The first kappa shape index (κ1) is 15.5. The highest BCUT2D eigenvalue weighted by Crippen LogP contribution is 2.26. The monoisotopic (exact) mass is 287 g/mol. The van der Waals surface area contributed by atoms with Crippen LogP contribution in [0.15, 0.2) is 42.5 Å². The summed E-state index contributed by atoms with van der Waals surface area (Å²) in [5.74, 6) is -0.100. The molecule has 2 rings (SSSR count). The summed E-state index contributed by atoms with van der Waals surface area (Å²) < 4.78 is 18.7. The summed E-state index contributed by atoms with van der Waals surface area (Å²) in [5.41, 5.74) is 9.09. The number of aryl methyl sites for hydroxylation is 1. The van der Waals surface area contributed by atoms with Gasteiger partial charge in [0.05, 0.1) is 7.11 Å². The molecule has 0 aliphatic heterocycles. The maximum Gasteiger partial charge on any atom is 0.165 e. The van der Waals surface area contributed by atoms with Crippen LogP contribution >= 0.6 is 0 Å². The highest BCUT2D eigenvalue weighted by Gasteiger charge is 2.22. The van der Waals surface area contributed by atoms with E-state index in [1.54, 1.807) is 6.07 Å². The molecule has 2 aromatic carbocycles. The van der Waals surface area contributed by atoms with Crippen LogP contribution in [-0.4, -0.2) is 7.11 Å². The highest BCUT2D eigenvalue weighted by atomic mass is 19.1. The van der Waals surface area contributed by atoms with Crippen molar-refractivity contribution in [1.82, 2.24) is 0 Å². The molecule has 2 N–H and O–H groups in total. The van der Waals surface area contributed by atoms with E-state index < -0.39 is 5.54 Å². The van der Waals surface area contributed by atoms with Gasteiger partial charge in [-0.2, -0.15) is 0 Å². The molecule has 2 aromatic rings. The lowest BCUT2D eigenvalue weighted by Gasteiger charge is -2.26. The quantitative estimate of drug-likeness (QED) is 0.907. The molecule has 112 valence electrons. The number of halogens is 1. The van der Waals surface area contributed by atoms with E-state index >= 15 is 0 Å². The molecule has 0 saturated heterocycles. The zero-order valence-electron chi connectivity index (χ0n) is 12.8. The van der Waals surface area contributed by atoms with Gasteiger partial charge in [-0.15, -0.1) is 0 Å². The van der Waals surface area contributed by atoms with Crippen molar-refractivity contribution in [3.05, 3.63) is 65.0 Å². The van der Waals surface area contributed by atoms with Gasteiger partial charge in [-0.1, -0.05) is 37.3 Å². The molecular weight excluding hydrogens is 265 g/mol. The standard InChI is InChI=1S/C18H22FNO/c1-4-13-5-8-15(9-6-13)18(2,20)12-14-7-10-17(21-3)16(19)11-14/h5-11H,4,12,20H2,1-3H3. The maximum atomic E-state index is 13.8. The lowest BCUT2D eigenvalue weighted by atomic mass is 9.86. The molecule has 3 heteroatoms. The Balaban J connectivity index is 2.21. The normalized spacial score (nSPS) is 13.8. The third-order valence-electron chi connectivity index (χ3n) is 3.81. The van der Waals surface area contributed by atoms with E-state index in [0.29, 0.717) is 6.42 Å². The summed E-state index contributed by atoms with van der Waals surface area (Å²) in [6.07, 6.45) is 1.57. The third-order valence-corrected chi connectivity index (χ3v) is 3.81. The average Bonchev–Trinajstić information content (AvgIpc) is 2.47. The van der Waals surface area contributed by atoms with Gasteiger partial charge in [0.1, 0.15) is 0 Å². The third kappa shape index (κ3) is 3.61. The second-order valence-corrected chi connectivity index (χ2v) is 5.61. The molecule has 0 aromatic heterocycles. The number of hydrogen-bond donors (Lipinski definition) is 1. The van der Waals surface area contributed by atoms with Gasteiger partial charge in [0.15, 0.2) is 11.6 Å². The van der Waals surface area contributed by atoms with Gasteiger partial charge >= 0.3 is 0 Å². The molecule has 21 heavy (non-hydrogen) atoms. The predicted octanol–water partition coefficient (Wildman–Crippen LogP) is 3.81. The molecule has 0 spiro atoms. The molecule has 0 aliphatic rings. The number of hydrogen-bond acceptors (Lipinski definition) is 2. The lowest BCUT2D eigenvalue weighted by Crippen LogP contribution is -2.35. The Kier molecular flexibility index (Phi) is 4.63. The van der Waals surface area contributed by atoms with Crippen molar-refractivity contribution in [3.8, 4) is 5.75 Å². The number of rotatable bonds is 5. The van der Waals surface area contributed by atoms with Crippen LogP contribution in [0.5, 0.6) is 5.75 Å². The molecule has 0 amide bonds. The zero-order chi connectivity index (χ0) is 15.5. The van der Waals surface area contributed by atoms with E-state index in [1.165, 1.54) is 18.7 Å². The molecule has 1 unspecified atom stereocenters. The van der Waals surface area contributed by atoms with Crippen LogP contribution in [0, 0.1) is 5.82 Å². The minimum Gasteiger partial charge on any atom is -0.494 e. The van der Waals surface area contributed by atoms with Gasteiger partial charge in [-0.05, 0) is 48.6 Å². The van der Waals surface area contributed by atoms with Crippen LogP contribution in [0.3, 0.4) is 0 Å². The van der Waals surface area contributed by atoms with Gasteiger partial charge in [0.25, 0.3) is 0 Å². The maximum absolute atomic E-state index is 13.8. The minimum absolute atomic E-state index is 0.254. The van der Waals surface area contributed by atoms with Crippen LogP contribution in [0.1, 0.15) is 30.5 Å². The van der Waals surface area contributed by atoms with Crippen molar-refractivity contribution in [3.63, 3.8) is 0 Å². The summed E-state index contributed by atoms with van der Waals surface area (Å²) in [6.45, 7) is 4.09. The van der Waals surface area contributed by atoms with E-state index in [4.69, 9.17) is 10.5 Å². The van der Waals surface area contributed by atoms with E-state index in [9.17, 15) is 4.39 Å². The highest BCUT2D eigenvalue weighted by molar-refractivity contribution is 5.33. The predicted molar refractivity (Wildman–Crippen MR) is 84.0 cm³/mol. The average molecular weight is 287 g/mol. The second-order valence-electron chi connectivity index (χ2n) is 5.61. The van der Waals surface area contributed by atoms with Crippen LogP contribution in [0.4, 0.5) is 4.39 Å². The minimum atomic E-state index is -0.534. The largest absolute Gasteiger partial charge is 0.494 e. The van der Waals surface area contributed by atoms with E-state index in [0.717, 1.165) is 17.5 Å². The Bertz CT molecular complexity index is 605. The molecule has 2 nitrogen and oxygen atoms in total. The molecule has 0 fully saturated rings. The first-order chi connectivity index (χ1) is 9.96. The fraction of sp³-hybridized carbons (Fsp3) is 0.333. The van der Waals surface area contributed by atoms with E-state index in [1.807, 2.05) is 13.0 Å². The van der Waals surface area contributed by atoms with Crippen LogP contribution < -0.4 is 10.5 Å². The van der Waals surface area contributed by atoms with Crippen molar-refractivity contribution < 1.29 is 9.13 Å².